The summed E-state index contributed by atoms with van der Waals surface area (Å²) in [5.41, 5.74) is 1.11. The Balaban J connectivity index is 2.53. The van der Waals surface area contributed by atoms with Crippen molar-refractivity contribution in [2.45, 2.75) is 38.3 Å². The van der Waals surface area contributed by atoms with Crippen molar-refractivity contribution in [3.8, 4) is 0 Å². The Bertz CT molecular complexity index is 386. The van der Waals surface area contributed by atoms with E-state index in [1.54, 1.807) is 11.8 Å². The van der Waals surface area contributed by atoms with Gasteiger partial charge in [0.2, 0.25) is 5.16 Å². The molecule has 1 aliphatic heterocycles. The SMILES string of the molecule is CC1=Nn2c(nnc2C(C)(C)C)SC1. The Morgan fingerprint density at radius 3 is 2.64 bits per heavy atom. The molecule has 4 nitrogen and oxygen atoms in total. The van der Waals surface area contributed by atoms with E-state index in [2.05, 4.69) is 36.1 Å². The van der Waals surface area contributed by atoms with Crippen LogP contribution in [0.3, 0.4) is 0 Å². The molecule has 0 bridgehead atoms. The zero-order chi connectivity index (χ0) is 10.3. The van der Waals surface area contributed by atoms with Crippen molar-refractivity contribution >= 4 is 17.5 Å². The molecule has 0 aliphatic carbocycles. The molecule has 2 heterocycles. The van der Waals surface area contributed by atoms with Crippen LogP contribution in [0.2, 0.25) is 0 Å². The highest BCUT2D eigenvalue weighted by Gasteiger charge is 2.25. The van der Waals surface area contributed by atoms with E-state index in [0.29, 0.717) is 0 Å². The summed E-state index contributed by atoms with van der Waals surface area (Å²) in [6, 6.07) is 0. The van der Waals surface area contributed by atoms with Crippen LogP contribution in [0.4, 0.5) is 0 Å². The maximum atomic E-state index is 4.46. The summed E-state index contributed by atoms with van der Waals surface area (Å²) < 4.78 is 1.86. The quantitative estimate of drug-likeness (QED) is 0.657. The third-order valence-electron chi connectivity index (χ3n) is 1.96. The van der Waals surface area contributed by atoms with E-state index in [9.17, 15) is 0 Å². The minimum absolute atomic E-state index is 0.00701. The fourth-order valence-electron chi connectivity index (χ4n) is 1.28. The first kappa shape index (κ1) is 9.71. The molecule has 0 aromatic carbocycles. The third-order valence-corrected chi connectivity index (χ3v) is 3.04. The summed E-state index contributed by atoms with van der Waals surface area (Å²) in [7, 11) is 0. The van der Waals surface area contributed by atoms with Gasteiger partial charge in [-0.25, -0.2) is 0 Å². The van der Waals surface area contributed by atoms with Crippen LogP contribution >= 0.6 is 11.8 Å². The summed E-state index contributed by atoms with van der Waals surface area (Å²) in [5, 5.41) is 13.7. The van der Waals surface area contributed by atoms with Crippen molar-refractivity contribution in [3.05, 3.63) is 5.82 Å². The van der Waals surface area contributed by atoms with Gasteiger partial charge in [-0.1, -0.05) is 32.5 Å². The minimum atomic E-state index is -0.00701. The number of hydrogen-bond acceptors (Lipinski definition) is 4. The highest BCUT2D eigenvalue weighted by atomic mass is 32.2. The van der Waals surface area contributed by atoms with E-state index in [4.69, 9.17) is 0 Å². The molecule has 0 radical (unpaired) electrons. The van der Waals surface area contributed by atoms with Crippen LogP contribution in [0.5, 0.6) is 0 Å². The summed E-state index contributed by atoms with van der Waals surface area (Å²) in [4.78, 5) is 0. The first-order valence-corrected chi connectivity index (χ1v) is 5.60. The Morgan fingerprint density at radius 2 is 2.00 bits per heavy atom. The highest BCUT2D eigenvalue weighted by Crippen LogP contribution is 2.27. The van der Waals surface area contributed by atoms with Crippen LogP contribution < -0.4 is 0 Å². The Kier molecular flexibility index (Phi) is 2.14. The monoisotopic (exact) mass is 210 g/mol. The second-order valence-electron chi connectivity index (χ2n) is 4.49. The molecular weight excluding hydrogens is 196 g/mol. The Labute approximate surface area is 87.8 Å². The average molecular weight is 210 g/mol. The van der Waals surface area contributed by atoms with E-state index >= 15 is 0 Å². The summed E-state index contributed by atoms with van der Waals surface area (Å²) >= 11 is 1.69. The molecule has 2 rings (SSSR count). The Hall–Kier alpha value is -0.840. The Morgan fingerprint density at radius 1 is 1.29 bits per heavy atom. The first-order chi connectivity index (χ1) is 6.48. The lowest BCUT2D eigenvalue weighted by molar-refractivity contribution is 0.509. The zero-order valence-electron chi connectivity index (χ0n) is 8.90. The van der Waals surface area contributed by atoms with Gasteiger partial charge in [-0.15, -0.1) is 10.2 Å². The van der Waals surface area contributed by atoms with Gasteiger partial charge in [0.15, 0.2) is 5.82 Å². The number of aromatic nitrogens is 3. The van der Waals surface area contributed by atoms with Gasteiger partial charge in [-0.05, 0) is 6.92 Å². The molecule has 5 heteroatoms. The molecule has 0 N–H and O–H groups in total. The van der Waals surface area contributed by atoms with Crippen LogP contribution in [-0.2, 0) is 5.41 Å². The number of rotatable bonds is 0. The van der Waals surface area contributed by atoms with E-state index in [0.717, 1.165) is 22.4 Å². The predicted octanol–water partition coefficient (Wildman–Crippen LogP) is 1.91. The van der Waals surface area contributed by atoms with Gasteiger partial charge in [-0.2, -0.15) is 9.78 Å². The smallest absolute Gasteiger partial charge is 0.191 e. The fraction of sp³-hybridized carbons (Fsp3) is 0.667. The normalized spacial score (nSPS) is 16.4. The van der Waals surface area contributed by atoms with Crippen molar-refractivity contribution < 1.29 is 0 Å². The van der Waals surface area contributed by atoms with Crippen molar-refractivity contribution in [3.63, 3.8) is 0 Å². The predicted molar refractivity (Wildman–Crippen MR) is 58.0 cm³/mol. The minimum Gasteiger partial charge on any atom is -0.191 e. The molecule has 76 valence electrons. The maximum Gasteiger partial charge on any atom is 0.212 e. The van der Waals surface area contributed by atoms with E-state index in [1.165, 1.54) is 0 Å². The standard InChI is InChI=1S/C9H14N4S/c1-6-5-14-8-11-10-7(9(2,3)4)13(8)12-6/h5H2,1-4H3. The van der Waals surface area contributed by atoms with Crippen LogP contribution in [0.25, 0.3) is 0 Å². The number of hydrogen-bond donors (Lipinski definition) is 0. The molecule has 1 aromatic heterocycles. The van der Waals surface area contributed by atoms with Gasteiger partial charge in [-0.3, -0.25) is 0 Å². The topological polar surface area (TPSA) is 43.1 Å². The lowest BCUT2D eigenvalue weighted by Gasteiger charge is -2.18. The second kappa shape index (κ2) is 3.08. The number of thioether (sulfide) groups is 1. The van der Waals surface area contributed by atoms with E-state index in [-0.39, 0.29) is 5.41 Å². The molecule has 1 aliphatic rings. The molecule has 0 amide bonds. The van der Waals surface area contributed by atoms with Crippen LogP contribution in [-0.4, -0.2) is 26.3 Å². The van der Waals surface area contributed by atoms with Crippen LogP contribution in [0.15, 0.2) is 10.3 Å². The molecule has 0 fully saturated rings. The molecule has 0 atom stereocenters. The van der Waals surface area contributed by atoms with Crippen LogP contribution in [0, 0.1) is 0 Å². The zero-order valence-corrected chi connectivity index (χ0v) is 9.72. The fourth-order valence-corrected chi connectivity index (χ4v) is 2.03. The van der Waals surface area contributed by atoms with Crippen molar-refractivity contribution in [2.75, 3.05) is 5.75 Å². The lowest BCUT2D eigenvalue weighted by atomic mass is 9.96. The first-order valence-electron chi connectivity index (χ1n) is 4.61. The lowest BCUT2D eigenvalue weighted by Crippen LogP contribution is -2.20. The van der Waals surface area contributed by atoms with Crippen LogP contribution in [0.1, 0.15) is 33.5 Å². The van der Waals surface area contributed by atoms with Crippen molar-refractivity contribution in [2.24, 2.45) is 5.10 Å². The largest absolute Gasteiger partial charge is 0.212 e. The van der Waals surface area contributed by atoms with E-state index in [1.807, 2.05) is 11.6 Å². The van der Waals surface area contributed by atoms with Gasteiger partial charge >= 0.3 is 0 Å². The molecule has 1 aromatic rings. The second-order valence-corrected chi connectivity index (χ2v) is 5.43. The summed E-state index contributed by atoms with van der Waals surface area (Å²) in [5.74, 6) is 1.85. The maximum absolute atomic E-state index is 4.46. The van der Waals surface area contributed by atoms with Gasteiger partial charge in [0.05, 0.1) is 0 Å². The molecule has 0 saturated heterocycles. The van der Waals surface area contributed by atoms with Gasteiger partial charge in [0.25, 0.3) is 0 Å². The average Bonchev–Trinajstić information content (AvgIpc) is 2.45. The number of nitrogens with zero attached hydrogens (tertiary/aromatic N) is 4. The van der Waals surface area contributed by atoms with Gasteiger partial charge in [0.1, 0.15) is 0 Å². The number of fused-ring (bicyclic) bond motifs is 1. The molecular formula is C9H14N4S. The molecule has 0 spiro atoms. The summed E-state index contributed by atoms with van der Waals surface area (Å²) in [6.45, 7) is 8.39. The van der Waals surface area contributed by atoms with Gasteiger partial charge < -0.3 is 0 Å². The van der Waals surface area contributed by atoms with Gasteiger partial charge in [0, 0.05) is 16.9 Å². The molecule has 0 unspecified atom stereocenters. The summed E-state index contributed by atoms with van der Waals surface area (Å²) in [6.07, 6.45) is 0. The molecule has 0 saturated carbocycles. The highest BCUT2D eigenvalue weighted by molar-refractivity contribution is 7.99. The van der Waals surface area contributed by atoms with E-state index < -0.39 is 0 Å². The third kappa shape index (κ3) is 1.56. The van der Waals surface area contributed by atoms with Crippen molar-refractivity contribution in [1.82, 2.24) is 14.9 Å². The van der Waals surface area contributed by atoms with Crippen molar-refractivity contribution in [1.29, 1.82) is 0 Å². The molecule has 14 heavy (non-hydrogen) atoms.